The van der Waals surface area contributed by atoms with E-state index >= 15 is 0 Å². The molecule has 4 heteroatoms. The molecule has 1 fully saturated rings. The molecule has 0 saturated carbocycles. The predicted octanol–water partition coefficient (Wildman–Crippen LogP) is 1.68. The summed E-state index contributed by atoms with van der Waals surface area (Å²) in [4.78, 5) is 2.28. The zero-order valence-electron chi connectivity index (χ0n) is 11.7. The van der Waals surface area contributed by atoms with Crippen molar-refractivity contribution in [2.75, 3.05) is 24.7 Å². The monoisotopic (exact) mass is 264 g/mol. The Bertz CT molecular complexity index is 394. The molecule has 0 spiro atoms. The van der Waals surface area contributed by atoms with Gasteiger partial charge in [0.15, 0.2) is 0 Å². The first-order valence-electron chi connectivity index (χ1n) is 7.00. The minimum atomic E-state index is -0.0891. The van der Waals surface area contributed by atoms with E-state index in [4.69, 9.17) is 10.5 Å². The number of aliphatic hydroxyl groups excluding tert-OH is 1. The quantitative estimate of drug-likeness (QED) is 0.868. The summed E-state index contributed by atoms with van der Waals surface area (Å²) in [5.41, 5.74) is 8.37. The largest absolute Gasteiger partial charge is 0.394 e. The number of rotatable bonds is 4. The third-order valence-corrected chi connectivity index (χ3v) is 3.80. The van der Waals surface area contributed by atoms with Crippen molar-refractivity contribution in [1.82, 2.24) is 0 Å². The molecule has 0 aliphatic carbocycles. The number of aliphatic hydroxyl groups is 1. The van der Waals surface area contributed by atoms with Crippen LogP contribution >= 0.6 is 0 Å². The van der Waals surface area contributed by atoms with E-state index in [0.717, 1.165) is 13.0 Å². The van der Waals surface area contributed by atoms with Crippen molar-refractivity contribution in [2.45, 2.75) is 38.5 Å². The lowest BCUT2D eigenvalue weighted by atomic mass is 10.0. The Hall–Kier alpha value is -1.10. The molecule has 3 unspecified atom stereocenters. The minimum Gasteiger partial charge on any atom is -0.394 e. The van der Waals surface area contributed by atoms with Crippen LogP contribution in [-0.4, -0.2) is 37.0 Å². The van der Waals surface area contributed by atoms with E-state index in [1.165, 1.54) is 11.3 Å². The fourth-order valence-electron chi connectivity index (χ4n) is 2.44. The second-order valence-electron chi connectivity index (χ2n) is 5.25. The van der Waals surface area contributed by atoms with Crippen LogP contribution in [0, 0.1) is 0 Å². The Morgan fingerprint density at radius 2 is 2.11 bits per heavy atom. The number of ether oxygens (including phenoxy) is 1. The zero-order valence-corrected chi connectivity index (χ0v) is 11.7. The Morgan fingerprint density at radius 1 is 1.42 bits per heavy atom. The second-order valence-corrected chi connectivity index (χ2v) is 5.25. The number of benzene rings is 1. The van der Waals surface area contributed by atoms with E-state index in [0.29, 0.717) is 12.6 Å². The molecule has 106 valence electrons. The maximum absolute atomic E-state index is 9.22. The highest BCUT2D eigenvalue weighted by Crippen LogP contribution is 2.24. The van der Waals surface area contributed by atoms with Crippen LogP contribution in [0.25, 0.3) is 0 Å². The molecule has 3 atom stereocenters. The third-order valence-electron chi connectivity index (χ3n) is 3.80. The Labute approximate surface area is 115 Å². The van der Waals surface area contributed by atoms with Crippen LogP contribution in [0.4, 0.5) is 5.69 Å². The SMILES string of the molecule is CCC(N)c1ccc(N2CC(CO)OCC2C)cc1. The van der Waals surface area contributed by atoms with Gasteiger partial charge in [0.1, 0.15) is 0 Å². The van der Waals surface area contributed by atoms with Crippen LogP contribution in [0.3, 0.4) is 0 Å². The van der Waals surface area contributed by atoms with Gasteiger partial charge in [-0.15, -0.1) is 0 Å². The number of nitrogens with zero attached hydrogens (tertiary/aromatic N) is 1. The van der Waals surface area contributed by atoms with Crippen molar-refractivity contribution in [2.24, 2.45) is 5.73 Å². The highest BCUT2D eigenvalue weighted by Gasteiger charge is 2.25. The summed E-state index contributed by atoms with van der Waals surface area (Å²) < 4.78 is 5.56. The number of hydrogen-bond donors (Lipinski definition) is 2. The van der Waals surface area contributed by atoms with Crippen LogP contribution in [-0.2, 0) is 4.74 Å². The van der Waals surface area contributed by atoms with E-state index in [1.807, 2.05) is 0 Å². The summed E-state index contributed by atoms with van der Waals surface area (Å²) in [5, 5.41) is 9.22. The molecular weight excluding hydrogens is 240 g/mol. The average Bonchev–Trinajstić information content (AvgIpc) is 2.47. The topological polar surface area (TPSA) is 58.7 Å². The molecular formula is C15H24N2O2. The van der Waals surface area contributed by atoms with E-state index in [9.17, 15) is 5.11 Å². The molecule has 1 heterocycles. The highest BCUT2D eigenvalue weighted by molar-refractivity contribution is 5.49. The molecule has 0 amide bonds. The van der Waals surface area contributed by atoms with Gasteiger partial charge in [-0.2, -0.15) is 0 Å². The lowest BCUT2D eigenvalue weighted by Crippen LogP contribution is -2.49. The highest BCUT2D eigenvalue weighted by atomic mass is 16.5. The maximum atomic E-state index is 9.22. The number of anilines is 1. The lowest BCUT2D eigenvalue weighted by molar-refractivity contribution is -0.0103. The maximum Gasteiger partial charge on any atom is 0.0981 e. The van der Waals surface area contributed by atoms with E-state index < -0.39 is 0 Å². The van der Waals surface area contributed by atoms with Gasteiger partial charge in [0.2, 0.25) is 0 Å². The molecule has 0 radical (unpaired) electrons. The van der Waals surface area contributed by atoms with E-state index in [-0.39, 0.29) is 18.8 Å². The van der Waals surface area contributed by atoms with Gasteiger partial charge in [0, 0.05) is 24.3 Å². The summed E-state index contributed by atoms with van der Waals surface area (Å²) in [6.45, 7) is 5.69. The first-order chi connectivity index (χ1) is 9.15. The van der Waals surface area contributed by atoms with Crippen LogP contribution in [0.2, 0.25) is 0 Å². The molecule has 0 aromatic heterocycles. The van der Waals surface area contributed by atoms with Crippen molar-refractivity contribution in [3.8, 4) is 0 Å². The average molecular weight is 264 g/mol. The van der Waals surface area contributed by atoms with Gasteiger partial charge in [-0.1, -0.05) is 19.1 Å². The van der Waals surface area contributed by atoms with Crippen molar-refractivity contribution in [3.63, 3.8) is 0 Å². The van der Waals surface area contributed by atoms with Gasteiger partial charge in [-0.05, 0) is 31.0 Å². The summed E-state index contributed by atoms with van der Waals surface area (Å²) in [6, 6.07) is 8.86. The van der Waals surface area contributed by atoms with Crippen LogP contribution in [0.1, 0.15) is 31.9 Å². The third kappa shape index (κ3) is 3.26. The Morgan fingerprint density at radius 3 is 2.68 bits per heavy atom. The lowest BCUT2D eigenvalue weighted by Gasteiger charge is -2.39. The first-order valence-corrected chi connectivity index (χ1v) is 7.00. The van der Waals surface area contributed by atoms with Crippen LogP contribution in [0.15, 0.2) is 24.3 Å². The Balaban J connectivity index is 2.11. The van der Waals surface area contributed by atoms with Crippen molar-refractivity contribution < 1.29 is 9.84 Å². The fraction of sp³-hybridized carbons (Fsp3) is 0.600. The van der Waals surface area contributed by atoms with Crippen LogP contribution in [0.5, 0.6) is 0 Å². The molecule has 3 N–H and O–H groups in total. The van der Waals surface area contributed by atoms with Crippen molar-refractivity contribution in [3.05, 3.63) is 29.8 Å². The smallest absolute Gasteiger partial charge is 0.0981 e. The van der Waals surface area contributed by atoms with Gasteiger partial charge in [0.05, 0.1) is 19.3 Å². The van der Waals surface area contributed by atoms with E-state index in [1.54, 1.807) is 0 Å². The molecule has 0 bridgehead atoms. The molecule has 19 heavy (non-hydrogen) atoms. The van der Waals surface area contributed by atoms with Crippen LogP contribution < -0.4 is 10.6 Å². The summed E-state index contributed by atoms with van der Waals surface area (Å²) in [5.74, 6) is 0. The van der Waals surface area contributed by atoms with Gasteiger partial charge in [0.25, 0.3) is 0 Å². The second kappa shape index (κ2) is 6.37. The first kappa shape index (κ1) is 14.3. The molecule has 1 saturated heterocycles. The van der Waals surface area contributed by atoms with Crippen molar-refractivity contribution in [1.29, 1.82) is 0 Å². The minimum absolute atomic E-state index is 0.0714. The molecule has 4 nitrogen and oxygen atoms in total. The molecule has 2 rings (SSSR count). The predicted molar refractivity (Wildman–Crippen MR) is 77.3 cm³/mol. The number of hydrogen-bond acceptors (Lipinski definition) is 4. The normalized spacial score (nSPS) is 25.4. The molecule has 1 aliphatic heterocycles. The van der Waals surface area contributed by atoms with Gasteiger partial charge in [-0.25, -0.2) is 0 Å². The molecule has 1 aromatic carbocycles. The van der Waals surface area contributed by atoms with Gasteiger partial charge in [-0.3, -0.25) is 0 Å². The zero-order chi connectivity index (χ0) is 13.8. The Kier molecular flexibility index (Phi) is 4.80. The van der Waals surface area contributed by atoms with Gasteiger partial charge < -0.3 is 20.5 Å². The van der Waals surface area contributed by atoms with Gasteiger partial charge >= 0.3 is 0 Å². The molecule has 1 aromatic rings. The van der Waals surface area contributed by atoms with E-state index in [2.05, 4.69) is 43.0 Å². The number of nitrogens with two attached hydrogens (primary N) is 1. The van der Waals surface area contributed by atoms with Crippen molar-refractivity contribution >= 4 is 5.69 Å². The standard InChI is InChI=1S/C15H24N2O2/c1-3-15(16)12-4-6-13(7-5-12)17-8-14(9-18)19-10-11(17)2/h4-7,11,14-15,18H,3,8-10,16H2,1-2H3. The summed E-state index contributed by atoms with van der Waals surface area (Å²) >= 11 is 0. The number of morpholine rings is 1. The summed E-state index contributed by atoms with van der Waals surface area (Å²) in [7, 11) is 0. The summed E-state index contributed by atoms with van der Waals surface area (Å²) in [6.07, 6.45) is 0.855. The molecule has 1 aliphatic rings. The fourth-order valence-corrected chi connectivity index (χ4v) is 2.44.